The highest BCUT2D eigenvalue weighted by molar-refractivity contribution is 7.98. The monoisotopic (exact) mass is 384 g/mol. The Labute approximate surface area is 153 Å². The Balaban J connectivity index is 1.79. The second kappa shape index (κ2) is 8.92. The summed E-state index contributed by atoms with van der Waals surface area (Å²) in [5.41, 5.74) is 1.12. The number of amides is 1. The van der Waals surface area contributed by atoms with Crippen molar-refractivity contribution in [2.75, 3.05) is 12.3 Å². The lowest BCUT2D eigenvalue weighted by Gasteiger charge is -2.07. The van der Waals surface area contributed by atoms with Crippen LogP contribution in [0.2, 0.25) is 10.0 Å². The lowest BCUT2D eigenvalue weighted by Crippen LogP contribution is -2.26. The lowest BCUT2D eigenvalue weighted by molar-refractivity contribution is -0.384. The highest BCUT2D eigenvalue weighted by Gasteiger charge is 2.14. The molecule has 2 aromatic carbocycles. The molecule has 126 valence electrons. The van der Waals surface area contributed by atoms with E-state index in [1.165, 1.54) is 18.2 Å². The molecule has 0 bridgehead atoms. The predicted octanol–water partition coefficient (Wildman–Crippen LogP) is 4.56. The zero-order valence-electron chi connectivity index (χ0n) is 12.5. The number of carbonyl (C=O) groups excluding carboxylic acids is 1. The molecule has 0 radical (unpaired) electrons. The Kier molecular flexibility index (Phi) is 6.90. The number of hydrogen-bond acceptors (Lipinski definition) is 4. The van der Waals surface area contributed by atoms with Crippen LogP contribution in [0.15, 0.2) is 42.5 Å². The molecule has 0 atom stereocenters. The van der Waals surface area contributed by atoms with E-state index in [1.54, 1.807) is 11.8 Å². The summed E-state index contributed by atoms with van der Waals surface area (Å²) in [6.07, 6.45) is 0. The third-order valence-electron chi connectivity index (χ3n) is 3.16. The maximum atomic E-state index is 12.0. The van der Waals surface area contributed by atoms with Crippen LogP contribution in [0, 0.1) is 10.1 Å². The molecule has 0 fully saturated rings. The SMILES string of the molecule is O=C(NCCSCc1ccccc1Cl)c1ccc([N+](=O)[O-])cc1Cl. The predicted molar refractivity (Wildman–Crippen MR) is 98.1 cm³/mol. The van der Waals surface area contributed by atoms with Crippen molar-refractivity contribution < 1.29 is 9.72 Å². The lowest BCUT2D eigenvalue weighted by atomic mass is 10.2. The quantitative estimate of drug-likeness (QED) is 0.431. The summed E-state index contributed by atoms with van der Waals surface area (Å²) in [5, 5.41) is 14.2. The fourth-order valence-corrected chi connectivity index (χ4v) is 3.34. The fourth-order valence-electron chi connectivity index (χ4n) is 1.93. The molecule has 2 rings (SSSR count). The smallest absolute Gasteiger partial charge is 0.270 e. The zero-order chi connectivity index (χ0) is 17.5. The Morgan fingerprint density at radius 2 is 1.92 bits per heavy atom. The summed E-state index contributed by atoms with van der Waals surface area (Å²) in [6.45, 7) is 0.460. The molecule has 2 aromatic rings. The minimum absolute atomic E-state index is 0.0606. The van der Waals surface area contributed by atoms with Crippen LogP contribution in [0.5, 0.6) is 0 Å². The Morgan fingerprint density at radius 3 is 2.58 bits per heavy atom. The average Bonchev–Trinajstić information content (AvgIpc) is 2.55. The number of benzene rings is 2. The van der Waals surface area contributed by atoms with Gasteiger partial charge < -0.3 is 5.32 Å². The van der Waals surface area contributed by atoms with E-state index in [-0.39, 0.29) is 22.2 Å². The molecule has 0 aromatic heterocycles. The molecule has 0 unspecified atom stereocenters. The van der Waals surface area contributed by atoms with Gasteiger partial charge in [0, 0.05) is 35.2 Å². The van der Waals surface area contributed by atoms with Crippen molar-refractivity contribution in [1.29, 1.82) is 0 Å². The summed E-state index contributed by atoms with van der Waals surface area (Å²) in [5.74, 6) is 1.11. The molecule has 0 heterocycles. The third kappa shape index (κ3) is 5.12. The maximum Gasteiger partial charge on any atom is 0.270 e. The van der Waals surface area contributed by atoms with Crippen LogP contribution in [0.4, 0.5) is 5.69 Å². The number of nitro benzene ring substituents is 1. The molecule has 0 saturated heterocycles. The van der Waals surface area contributed by atoms with Gasteiger partial charge in [-0.2, -0.15) is 11.8 Å². The first kappa shape index (κ1) is 18.6. The maximum absolute atomic E-state index is 12.0. The van der Waals surface area contributed by atoms with E-state index in [4.69, 9.17) is 23.2 Å². The number of non-ortho nitro benzene ring substituents is 1. The van der Waals surface area contributed by atoms with Gasteiger partial charge in [0.1, 0.15) is 0 Å². The van der Waals surface area contributed by atoms with Crippen molar-refractivity contribution in [2.45, 2.75) is 5.75 Å². The van der Waals surface area contributed by atoms with E-state index in [0.29, 0.717) is 12.3 Å². The fraction of sp³-hybridized carbons (Fsp3) is 0.188. The van der Waals surface area contributed by atoms with Crippen LogP contribution < -0.4 is 5.32 Å². The number of thioether (sulfide) groups is 1. The third-order valence-corrected chi connectivity index (χ3v) is 4.84. The van der Waals surface area contributed by atoms with Gasteiger partial charge in [0.15, 0.2) is 0 Å². The summed E-state index contributed by atoms with van der Waals surface area (Å²) in [7, 11) is 0. The molecular weight excluding hydrogens is 371 g/mol. The van der Waals surface area contributed by atoms with E-state index in [2.05, 4.69) is 5.32 Å². The van der Waals surface area contributed by atoms with E-state index in [0.717, 1.165) is 16.3 Å². The molecule has 0 aliphatic carbocycles. The number of carbonyl (C=O) groups is 1. The molecular formula is C16H14Cl2N2O3S. The number of nitrogens with zero attached hydrogens (tertiary/aromatic N) is 1. The minimum Gasteiger partial charge on any atom is -0.351 e. The summed E-state index contributed by atoms with van der Waals surface area (Å²) in [4.78, 5) is 22.1. The summed E-state index contributed by atoms with van der Waals surface area (Å²) < 4.78 is 0. The van der Waals surface area contributed by atoms with Gasteiger partial charge >= 0.3 is 0 Å². The van der Waals surface area contributed by atoms with Gasteiger partial charge in [0.05, 0.1) is 15.5 Å². The van der Waals surface area contributed by atoms with Crippen molar-refractivity contribution in [1.82, 2.24) is 5.32 Å². The van der Waals surface area contributed by atoms with Crippen LogP contribution in [-0.4, -0.2) is 23.1 Å². The van der Waals surface area contributed by atoms with E-state index < -0.39 is 4.92 Å². The molecule has 0 aliphatic heterocycles. The normalized spacial score (nSPS) is 10.4. The standard InChI is InChI=1S/C16H14Cl2N2O3S/c17-14-4-2-1-3-11(14)10-24-8-7-19-16(21)13-6-5-12(20(22)23)9-15(13)18/h1-6,9H,7-8,10H2,(H,19,21). The first-order valence-electron chi connectivity index (χ1n) is 7.02. The van der Waals surface area contributed by atoms with Crippen molar-refractivity contribution in [3.63, 3.8) is 0 Å². The van der Waals surface area contributed by atoms with Crippen LogP contribution in [0.25, 0.3) is 0 Å². The van der Waals surface area contributed by atoms with E-state index in [1.807, 2.05) is 24.3 Å². The highest BCUT2D eigenvalue weighted by atomic mass is 35.5. The van der Waals surface area contributed by atoms with Gasteiger partial charge in [0.2, 0.25) is 0 Å². The van der Waals surface area contributed by atoms with Crippen LogP contribution in [0.1, 0.15) is 15.9 Å². The number of nitro groups is 1. The minimum atomic E-state index is -0.557. The number of halogens is 2. The highest BCUT2D eigenvalue weighted by Crippen LogP contribution is 2.23. The second-order valence-corrected chi connectivity index (χ2v) is 6.74. The van der Waals surface area contributed by atoms with Gasteiger partial charge in [-0.1, -0.05) is 41.4 Å². The van der Waals surface area contributed by atoms with Gasteiger partial charge in [0.25, 0.3) is 11.6 Å². The van der Waals surface area contributed by atoms with E-state index in [9.17, 15) is 14.9 Å². The summed E-state index contributed by atoms with van der Waals surface area (Å²) >= 11 is 13.6. The Hall–Kier alpha value is -1.76. The van der Waals surface area contributed by atoms with Gasteiger partial charge in [-0.15, -0.1) is 0 Å². The number of hydrogen-bond donors (Lipinski definition) is 1. The first-order chi connectivity index (χ1) is 11.5. The van der Waals surface area contributed by atoms with Gasteiger partial charge in [-0.25, -0.2) is 0 Å². The molecule has 24 heavy (non-hydrogen) atoms. The number of nitrogens with one attached hydrogen (secondary N) is 1. The molecule has 0 spiro atoms. The molecule has 1 N–H and O–H groups in total. The number of rotatable bonds is 7. The van der Waals surface area contributed by atoms with Crippen molar-refractivity contribution in [2.24, 2.45) is 0 Å². The molecule has 1 amide bonds. The molecule has 0 saturated carbocycles. The second-order valence-electron chi connectivity index (χ2n) is 4.82. The van der Waals surface area contributed by atoms with Crippen molar-refractivity contribution in [3.05, 3.63) is 73.8 Å². The van der Waals surface area contributed by atoms with Crippen LogP contribution in [-0.2, 0) is 5.75 Å². The van der Waals surface area contributed by atoms with Crippen molar-refractivity contribution in [3.8, 4) is 0 Å². The largest absolute Gasteiger partial charge is 0.351 e. The first-order valence-corrected chi connectivity index (χ1v) is 8.93. The van der Waals surface area contributed by atoms with Gasteiger partial charge in [-0.3, -0.25) is 14.9 Å². The average molecular weight is 385 g/mol. The van der Waals surface area contributed by atoms with E-state index >= 15 is 0 Å². The molecule has 8 heteroatoms. The Bertz CT molecular complexity index is 756. The molecule has 5 nitrogen and oxygen atoms in total. The van der Waals surface area contributed by atoms with Crippen LogP contribution >= 0.6 is 35.0 Å². The van der Waals surface area contributed by atoms with Crippen molar-refractivity contribution >= 4 is 46.6 Å². The topological polar surface area (TPSA) is 72.2 Å². The summed E-state index contributed by atoms with van der Waals surface area (Å²) in [6, 6.07) is 11.4. The van der Waals surface area contributed by atoms with Gasteiger partial charge in [-0.05, 0) is 17.7 Å². The Morgan fingerprint density at radius 1 is 1.17 bits per heavy atom. The molecule has 0 aliphatic rings. The zero-order valence-corrected chi connectivity index (χ0v) is 14.8. The van der Waals surface area contributed by atoms with Crippen LogP contribution in [0.3, 0.4) is 0 Å².